The molecule has 3 atom stereocenters. The molecule has 1 aromatic rings. The van der Waals surface area contributed by atoms with E-state index in [2.05, 4.69) is 38.1 Å². The summed E-state index contributed by atoms with van der Waals surface area (Å²) in [7, 11) is 0. The number of fused-ring (bicyclic) bond motifs is 1. The average Bonchev–Trinajstić information content (AvgIpc) is 2.67. The Morgan fingerprint density at radius 1 is 1.29 bits per heavy atom. The van der Waals surface area contributed by atoms with Crippen LogP contribution in [0.25, 0.3) is 0 Å². The molecule has 0 amide bonds. The lowest BCUT2D eigenvalue weighted by molar-refractivity contribution is 0.00623. The van der Waals surface area contributed by atoms with Crippen LogP contribution in [0.3, 0.4) is 0 Å². The minimum absolute atomic E-state index is 0.0346. The molecule has 2 heteroatoms. The number of hydrogen-bond acceptors (Lipinski definition) is 2. The molecular formula is C19H31NO. The molecule has 118 valence electrons. The van der Waals surface area contributed by atoms with Gasteiger partial charge >= 0.3 is 0 Å². The minimum atomic E-state index is 0.0346. The van der Waals surface area contributed by atoms with Crippen molar-refractivity contribution < 1.29 is 4.74 Å². The fraction of sp³-hybridized carbons (Fsp3) is 0.684. The molecule has 0 bridgehead atoms. The van der Waals surface area contributed by atoms with E-state index < -0.39 is 0 Å². The van der Waals surface area contributed by atoms with Crippen molar-refractivity contribution in [1.29, 1.82) is 0 Å². The van der Waals surface area contributed by atoms with E-state index in [1.807, 2.05) is 0 Å². The molecule has 0 aromatic heterocycles. The standard InChI is InChI=1S/C19H31NO/c1-3-5-9-15(4-2)14-21-18-13-8-11-16-10-6-7-12-17(16)19(18)20/h6-7,10,12,15,18-19H,3-5,8-9,11,13-14,20H2,1-2H3. The van der Waals surface area contributed by atoms with E-state index in [9.17, 15) is 0 Å². The number of hydrogen-bond donors (Lipinski definition) is 1. The van der Waals surface area contributed by atoms with Crippen LogP contribution in [0.4, 0.5) is 0 Å². The van der Waals surface area contributed by atoms with Crippen LogP contribution in [0, 0.1) is 5.92 Å². The molecule has 0 heterocycles. The first-order chi connectivity index (χ1) is 10.3. The van der Waals surface area contributed by atoms with Crippen molar-refractivity contribution in [3.63, 3.8) is 0 Å². The molecule has 1 aromatic carbocycles. The van der Waals surface area contributed by atoms with Crippen LogP contribution in [-0.2, 0) is 11.2 Å². The lowest BCUT2D eigenvalue weighted by Crippen LogP contribution is -2.30. The molecule has 21 heavy (non-hydrogen) atoms. The molecule has 2 N–H and O–H groups in total. The van der Waals surface area contributed by atoms with Gasteiger partial charge in [-0.15, -0.1) is 0 Å². The van der Waals surface area contributed by atoms with Gasteiger partial charge in [-0.2, -0.15) is 0 Å². The summed E-state index contributed by atoms with van der Waals surface area (Å²) in [4.78, 5) is 0. The van der Waals surface area contributed by atoms with Gasteiger partial charge in [-0.05, 0) is 42.7 Å². The van der Waals surface area contributed by atoms with Gasteiger partial charge in [0.2, 0.25) is 0 Å². The van der Waals surface area contributed by atoms with E-state index in [0.717, 1.165) is 19.4 Å². The molecule has 2 rings (SSSR count). The quantitative estimate of drug-likeness (QED) is 0.743. The van der Waals surface area contributed by atoms with Crippen LogP contribution in [0.1, 0.15) is 69.5 Å². The Kier molecular flexibility index (Phi) is 6.72. The monoisotopic (exact) mass is 289 g/mol. The minimum Gasteiger partial charge on any atom is -0.376 e. The normalized spacial score (nSPS) is 23.4. The molecule has 2 nitrogen and oxygen atoms in total. The summed E-state index contributed by atoms with van der Waals surface area (Å²) in [6.45, 7) is 5.40. The molecule has 0 spiro atoms. The third-order valence-electron chi connectivity index (χ3n) is 4.84. The second kappa shape index (κ2) is 8.55. The summed E-state index contributed by atoms with van der Waals surface area (Å²) in [5.74, 6) is 0.690. The molecule has 1 aliphatic rings. The predicted octanol–water partition coefficient (Wildman–Crippen LogP) is 4.62. The Morgan fingerprint density at radius 2 is 2.10 bits per heavy atom. The van der Waals surface area contributed by atoms with Crippen molar-refractivity contribution in [3.05, 3.63) is 35.4 Å². The predicted molar refractivity (Wildman–Crippen MR) is 89.4 cm³/mol. The lowest BCUT2D eigenvalue weighted by Gasteiger charge is -2.26. The topological polar surface area (TPSA) is 35.2 Å². The number of rotatable bonds is 7. The maximum Gasteiger partial charge on any atom is 0.0767 e. The van der Waals surface area contributed by atoms with Gasteiger partial charge in [0.15, 0.2) is 0 Å². The van der Waals surface area contributed by atoms with Gasteiger partial charge in [0.25, 0.3) is 0 Å². The van der Waals surface area contributed by atoms with E-state index in [-0.39, 0.29) is 12.1 Å². The summed E-state index contributed by atoms with van der Waals surface area (Å²) < 4.78 is 6.26. The lowest BCUT2D eigenvalue weighted by atomic mass is 9.97. The summed E-state index contributed by atoms with van der Waals surface area (Å²) in [5, 5.41) is 0. The van der Waals surface area contributed by atoms with Gasteiger partial charge in [0.05, 0.1) is 12.1 Å². The Labute approximate surface area is 130 Å². The highest BCUT2D eigenvalue weighted by Crippen LogP contribution is 2.29. The van der Waals surface area contributed by atoms with Gasteiger partial charge in [0, 0.05) is 6.61 Å². The first-order valence-electron chi connectivity index (χ1n) is 8.71. The molecule has 0 saturated heterocycles. The first kappa shape index (κ1) is 16.5. The third kappa shape index (κ3) is 4.55. The van der Waals surface area contributed by atoms with Crippen LogP contribution in [0.15, 0.2) is 24.3 Å². The summed E-state index contributed by atoms with van der Waals surface area (Å²) in [6, 6.07) is 8.64. The molecular weight excluding hydrogens is 258 g/mol. The summed E-state index contributed by atoms with van der Waals surface area (Å²) >= 11 is 0. The molecule has 0 fully saturated rings. The Hall–Kier alpha value is -0.860. The zero-order valence-corrected chi connectivity index (χ0v) is 13.7. The number of benzene rings is 1. The Bertz CT molecular complexity index is 418. The van der Waals surface area contributed by atoms with E-state index in [1.54, 1.807) is 0 Å². The van der Waals surface area contributed by atoms with Gasteiger partial charge in [-0.25, -0.2) is 0 Å². The average molecular weight is 289 g/mol. The first-order valence-corrected chi connectivity index (χ1v) is 8.71. The highest BCUT2D eigenvalue weighted by Gasteiger charge is 2.25. The highest BCUT2D eigenvalue weighted by molar-refractivity contribution is 5.31. The van der Waals surface area contributed by atoms with Crippen LogP contribution in [0.2, 0.25) is 0 Å². The van der Waals surface area contributed by atoms with Crippen molar-refractivity contribution in [2.45, 2.75) is 70.9 Å². The van der Waals surface area contributed by atoms with Crippen LogP contribution in [-0.4, -0.2) is 12.7 Å². The maximum atomic E-state index is 6.49. The third-order valence-corrected chi connectivity index (χ3v) is 4.84. The number of aryl methyl sites for hydroxylation is 1. The van der Waals surface area contributed by atoms with Crippen molar-refractivity contribution in [2.75, 3.05) is 6.61 Å². The Balaban J connectivity index is 1.94. The van der Waals surface area contributed by atoms with Gasteiger partial charge in [-0.3, -0.25) is 0 Å². The Morgan fingerprint density at radius 3 is 2.86 bits per heavy atom. The summed E-state index contributed by atoms with van der Waals surface area (Å²) in [5.41, 5.74) is 9.20. The number of ether oxygens (including phenoxy) is 1. The van der Waals surface area contributed by atoms with Crippen molar-refractivity contribution in [3.8, 4) is 0 Å². The summed E-state index contributed by atoms with van der Waals surface area (Å²) in [6.07, 6.45) is 8.65. The van der Waals surface area contributed by atoms with Crippen LogP contribution < -0.4 is 5.73 Å². The second-order valence-corrected chi connectivity index (χ2v) is 6.41. The van der Waals surface area contributed by atoms with E-state index in [0.29, 0.717) is 5.92 Å². The second-order valence-electron chi connectivity index (χ2n) is 6.41. The van der Waals surface area contributed by atoms with Crippen molar-refractivity contribution in [2.24, 2.45) is 11.7 Å². The van der Waals surface area contributed by atoms with Gasteiger partial charge in [-0.1, -0.05) is 57.4 Å². The van der Waals surface area contributed by atoms with Crippen LogP contribution in [0.5, 0.6) is 0 Å². The zero-order chi connectivity index (χ0) is 15.1. The van der Waals surface area contributed by atoms with E-state index >= 15 is 0 Å². The smallest absolute Gasteiger partial charge is 0.0767 e. The van der Waals surface area contributed by atoms with E-state index in [1.165, 1.54) is 43.2 Å². The van der Waals surface area contributed by atoms with Crippen molar-refractivity contribution in [1.82, 2.24) is 0 Å². The van der Waals surface area contributed by atoms with Crippen molar-refractivity contribution >= 4 is 0 Å². The molecule has 0 saturated carbocycles. The fourth-order valence-corrected chi connectivity index (χ4v) is 3.31. The molecule has 0 radical (unpaired) electrons. The number of unbranched alkanes of at least 4 members (excludes halogenated alkanes) is 1. The van der Waals surface area contributed by atoms with Crippen LogP contribution >= 0.6 is 0 Å². The van der Waals surface area contributed by atoms with Gasteiger partial charge in [0.1, 0.15) is 0 Å². The fourth-order valence-electron chi connectivity index (χ4n) is 3.31. The van der Waals surface area contributed by atoms with E-state index in [4.69, 9.17) is 10.5 Å². The largest absolute Gasteiger partial charge is 0.376 e. The zero-order valence-electron chi connectivity index (χ0n) is 13.7. The SMILES string of the molecule is CCCCC(CC)COC1CCCc2ccccc2C1N. The highest BCUT2D eigenvalue weighted by atomic mass is 16.5. The number of nitrogens with two attached hydrogens (primary N) is 1. The molecule has 1 aliphatic carbocycles. The maximum absolute atomic E-state index is 6.49. The molecule has 0 aliphatic heterocycles. The van der Waals surface area contributed by atoms with Gasteiger partial charge < -0.3 is 10.5 Å². The molecule has 3 unspecified atom stereocenters.